The summed E-state index contributed by atoms with van der Waals surface area (Å²) < 4.78 is 27.3. The summed E-state index contributed by atoms with van der Waals surface area (Å²) in [5, 5.41) is 3.70. The van der Waals surface area contributed by atoms with Crippen LogP contribution in [0.25, 0.3) is 0 Å². The fourth-order valence-electron chi connectivity index (χ4n) is 3.80. The zero-order chi connectivity index (χ0) is 21.7. The normalized spacial score (nSPS) is 18.7. The van der Waals surface area contributed by atoms with Gasteiger partial charge in [-0.1, -0.05) is 60.5 Å². The molecular weight excluding hydrogens is 420 g/mol. The molecule has 7 heteroatoms. The van der Waals surface area contributed by atoms with Gasteiger partial charge < -0.3 is 5.32 Å². The first-order valence-electron chi connectivity index (χ1n) is 10.4. The van der Waals surface area contributed by atoms with E-state index >= 15 is 0 Å². The first-order valence-corrected chi connectivity index (χ1v) is 12.4. The standard InChI is InChI=1S/C23H29ClN2O3S/c1-3-22(19-10-6-17(2)7-11-19)25-23(27)20-5-4-14-26(15-20)30(28,29)16-18-8-12-21(24)13-9-18/h6-13,20,22H,3-5,14-16H2,1-2H3,(H,25,27)/t20-,22+/m1/s1. The molecular formula is C23H29ClN2O3S. The molecule has 0 spiro atoms. The molecule has 1 amide bonds. The number of sulfonamides is 1. The molecule has 0 bridgehead atoms. The number of nitrogens with zero attached hydrogens (tertiary/aromatic N) is 1. The predicted molar refractivity (Wildman–Crippen MR) is 121 cm³/mol. The average Bonchev–Trinajstić information content (AvgIpc) is 2.74. The topological polar surface area (TPSA) is 66.5 Å². The first-order chi connectivity index (χ1) is 14.3. The van der Waals surface area contributed by atoms with Crippen molar-refractivity contribution in [1.29, 1.82) is 0 Å². The lowest BCUT2D eigenvalue weighted by molar-refractivity contribution is -0.126. The second-order valence-electron chi connectivity index (χ2n) is 7.96. The van der Waals surface area contributed by atoms with Crippen LogP contribution in [-0.4, -0.2) is 31.7 Å². The van der Waals surface area contributed by atoms with Crippen LogP contribution in [0.15, 0.2) is 48.5 Å². The minimum absolute atomic E-state index is 0.0702. The summed E-state index contributed by atoms with van der Waals surface area (Å²) in [4.78, 5) is 12.9. The number of carbonyl (C=O) groups excluding carboxylic acids is 1. The summed E-state index contributed by atoms with van der Waals surface area (Å²) >= 11 is 5.89. The van der Waals surface area contributed by atoms with Crippen molar-refractivity contribution in [1.82, 2.24) is 9.62 Å². The molecule has 0 saturated carbocycles. The van der Waals surface area contributed by atoms with Gasteiger partial charge in [0.2, 0.25) is 15.9 Å². The highest BCUT2D eigenvalue weighted by Crippen LogP contribution is 2.24. The monoisotopic (exact) mass is 448 g/mol. The summed E-state index contributed by atoms with van der Waals surface area (Å²) in [5.74, 6) is -0.494. The molecule has 1 aliphatic heterocycles. The number of halogens is 1. The highest BCUT2D eigenvalue weighted by Gasteiger charge is 2.33. The molecule has 2 aromatic carbocycles. The molecule has 5 nitrogen and oxygen atoms in total. The molecule has 0 unspecified atom stereocenters. The van der Waals surface area contributed by atoms with Crippen LogP contribution in [-0.2, 0) is 20.6 Å². The highest BCUT2D eigenvalue weighted by atomic mass is 35.5. The minimum atomic E-state index is -3.50. The van der Waals surface area contributed by atoms with E-state index in [0.717, 1.165) is 12.0 Å². The van der Waals surface area contributed by atoms with Crippen LogP contribution in [0.5, 0.6) is 0 Å². The smallest absolute Gasteiger partial charge is 0.224 e. The van der Waals surface area contributed by atoms with Crippen molar-refractivity contribution in [2.75, 3.05) is 13.1 Å². The van der Waals surface area contributed by atoms with E-state index in [4.69, 9.17) is 11.6 Å². The lowest BCUT2D eigenvalue weighted by Crippen LogP contribution is -2.46. The quantitative estimate of drug-likeness (QED) is 0.680. The fraction of sp³-hybridized carbons (Fsp3) is 0.435. The number of rotatable bonds is 7. The summed E-state index contributed by atoms with van der Waals surface area (Å²) in [6, 6.07) is 14.9. The Bertz CT molecular complexity index is 959. The third kappa shape index (κ3) is 5.84. The van der Waals surface area contributed by atoms with Crippen molar-refractivity contribution in [3.8, 4) is 0 Å². The lowest BCUT2D eigenvalue weighted by atomic mass is 9.97. The maximum Gasteiger partial charge on any atom is 0.224 e. The van der Waals surface area contributed by atoms with Gasteiger partial charge in [-0.15, -0.1) is 0 Å². The molecule has 0 aromatic heterocycles. The van der Waals surface area contributed by atoms with Crippen LogP contribution in [0, 0.1) is 12.8 Å². The Morgan fingerprint density at radius 2 is 1.83 bits per heavy atom. The lowest BCUT2D eigenvalue weighted by Gasteiger charge is -2.32. The predicted octanol–water partition coefficient (Wildman–Crippen LogP) is 4.46. The van der Waals surface area contributed by atoms with Crippen LogP contribution in [0.4, 0.5) is 0 Å². The van der Waals surface area contributed by atoms with Gasteiger partial charge in [-0.2, -0.15) is 0 Å². The van der Waals surface area contributed by atoms with Crippen LogP contribution < -0.4 is 5.32 Å². The van der Waals surface area contributed by atoms with E-state index in [-0.39, 0.29) is 30.2 Å². The van der Waals surface area contributed by atoms with Gasteiger partial charge in [0.05, 0.1) is 17.7 Å². The number of amides is 1. The van der Waals surface area contributed by atoms with Crippen LogP contribution >= 0.6 is 11.6 Å². The van der Waals surface area contributed by atoms with Crippen LogP contribution in [0.2, 0.25) is 5.02 Å². The Morgan fingerprint density at radius 1 is 1.17 bits per heavy atom. The minimum Gasteiger partial charge on any atom is -0.349 e. The van der Waals surface area contributed by atoms with E-state index in [1.807, 2.05) is 38.1 Å². The molecule has 2 atom stereocenters. The third-order valence-electron chi connectivity index (χ3n) is 5.62. The van der Waals surface area contributed by atoms with Gasteiger partial charge in [-0.05, 0) is 49.4 Å². The molecule has 1 heterocycles. The van der Waals surface area contributed by atoms with Crippen LogP contribution in [0.1, 0.15) is 48.9 Å². The van der Waals surface area contributed by atoms with Gasteiger partial charge in [0.25, 0.3) is 0 Å². The van der Waals surface area contributed by atoms with Crippen molar-refractivity contribution < 1.29 is 13.2 Å². The van der Waals surface area contributed by atoms with Gasteiger partial charge in [0.1, 0.15) is 0 Å². The van der Waals surface area contributed by atoms with Crippen molar-refractivity contribution in [2.24, 2.45) is 5.92 Å². The van der Waals surface area contributed by atoms with E-state index < -0.39 is 10.0 Å². The molecule has 0 radical (unpaired) electrons. The Morgan fingerprint density at radius 3 is 2.47 bits per heavy atom. The van der Waals surface area contributed by atoms with E-state index in [0.29, 0.717) is 30.0 Å². The first kappa shape index (κ1) is 22.8. The number of piperidine rings is 1. The number of carbonyl (C=O) groups is 1. The third-order valence-corrected chi connectivity index (χ3v) is 7.68. The van der Waals surface area contributed by atoms with Crippen molar-refractivity contribution >= 4 is 27.5 Å². The summed E-state index contributed by atoms with van der Waals surface area (Å²) in [6.07, 6.45) is 2.16. The second kappa shape index (κ2) is 9.94. The summed E-state index contributed by atoms with van der Waals surface area (Å²) in [6.45, 7) is 4.75. The van der Waals surface area contributed by atoms with Gasteiger partial charge in [-0.3, -0.25) is 4.79 Å². The number of aryl methyl sites for hydroxylation is 1. The Hall–Kier alpha value is -1.89. The number of benzene rings is 2. The molecule has 3 rings (SSSR count). The maximum atomic E-state index is 12.9. The molecule has 1 N–H and O–H groups in total. The Balaban J connectivity index is 1.64. The number of hydrogen-bond donors (Lipinski definition) is 1. The van der Waals surface area contributed by atoms with E-state index in [1.54, 1.807) is 24.3 Å². The van der Waals surface area contributed by atoms with Gasteiger partial charge >= 0.3 is 0 Å². The highest BCUT2D eigenvalue weighted by molar-refractivity contribution is 7.88. The van der Waals surface area contributed by atoms with Crippen molar-refractivity contribution in [2.45, 2.75) is 44.9 Å². The summed E-state index contributed by atoms with van der Waals surface area (Å²) in [5.41, 5.74) is 2.93. The van der Waals surface area contributed by atoms with Gasteiger partial charge in [-0.25, -0.2) is 12.7 Å². The molecule has 1 saturated heterocycles. The molecule has 2 aromatic rings. The maximum absolute atomic E-state index is 12.9. The number of nitrogens with one attached hydrogen (secondary N) is 1. The van der Waals surface area contributed by atoms with Gasteiger partial charge in [0.15, 0.2) is 0 Å². The molecule has 1 fully saturated rings. The number of hydrogen-bond acceptors (Lipinski definition) is 3. The Labute approximate surface area is 184 Å². The summed E-state index contributed by atoms with van der Waals surface area (Å²) in [7, 11) is -3.50. The molecule has 0 aliphatic carbocycles. The van der Waals surface area contributed by atoms with Gasteiger partial charge in [0, 0.05) is 18.1 Å². The molecule has 162 valence electrons. The fourth-order valence-corrected chi connectivity index (χ4v) is 5.54. The Kier molecular flexibility index (Phi) is 7.55. The zero-order valence-corrected chi connectivity index (χ0v) is 19.0. The second-order valence-corrected chi connectivity index (χ2v) is 10.4. The van der Waals surface area contributed by atoms with Crippen molar-refractivity contribution in [3.05, 3.63) is 70.2 Å². The average molecular weight is 449 g/mol. The zero-order valence-electron chi connectivity index (χ0n) is 17.5. The SMILES string of the molecule is CC[C@H](NC(=O)[C@@H]1CCCN(S(=O)(=O)Cc2ccc(Cl)cc2)C1)c1ccc(C)cc1. The van der Waals surface area contributed by atoms with E-state index in [2.05, 4.69) is 5.32 Å². The molecule has 30 heavy (non-hydrogen) atoms. The van der Waals surface area contributed by atoms with E-state index in [9.17, 15) is 13.2 Å². The largest absolute Gasteiger partial charge is 0.349 e. The van der Waals surface area contributed by atoms with E-state index in [1.165, 1.54) is 9.87 Å². The van der Waals surface area contributed by atoms with Crippen LogP contribution in [0.3, 0.4) is 0 Å². The molecule has 1 aliphatic rings. The van der Waals surface area contributed by atoms with Crippen molar-refractivity contribution in [3.63, 3.8) is 0 Å².